The Bertz CT molecular complexity index is 357. The van der Waals surface area contributed by atoms with Crippen LogP contribution in [0.3, 0.4) is 0 Å². The van der Waals surface area contributed by atoms with E-state index in [1.54, 1.807) is 0 Å². The van der Waals surface area contributed by atoms with Crippen molar-refractivity contribution in [3.8, 4) is 0 Å². The van der Waals surface area contributed by atoms with Gasteiger partial charge in [-0.05, 0) is 5.56 Å². The number of ether oxygens (including phenoxy) is 2. The van der Waals surface area contributed by atoms with Gasteiger partial charge in [-0.15, -0.1) is 0 Å². The Morgan fingerprint density at radius 3 is 2.44 bits per heavy atom. The highest BCUT2D eigenvalue weighted by Crippen LogP contribution is 2.00. The van der Waals surface area contributed by atoms with Gasteiger partial charge in [-0.3, -0.25) is 0 Å². The number of benzene rings is 1. The van der Waals surface area contributed by atoms with Gasteiger partial charge in [-0.25, -0.2) is 4.79 Å². The highest BCUT2D eigenvalue weighted by atomic mass is 16.6. The molecule has 0 aliphatic carbocycles. The molecule has 0 aromatic heterocycles. The number of quaternary nitrogens is 1. The molecule has 0 heterocycles. The first-order valence-corrected chi connectivity index (χ1v) is 6.05. The van der Waals surface area contributed by atoms with Crippen LogP contribution in [0, 0.1) is 0 Å². The van der Waals surface area contributed by atoms with E-state index >= 15 is 0 Å². The Kier molecular flexibility index (Phi) is 5.82. The first-order chi connectivity index (χ1) is 8.47. The van der Waals surface area contributed by atoms with E-state index < -0.39 is 0 Å². The maximum atomic E-state index is 11.4. The van der Waals surface area contributed by atoms with E-state index in [1.807, 2.05) is 30.3 Å². The minimum atomic E-state index is -0.306. The van der Waals surface area contributed by atoms with E-state index in [4.69, 9.17) is 9.47 Å². The first kappa shape index (κ1) is 14.7. The molecule has 4 nitrogen and oxygen atoms in total. The predicted octanol–water partition coefficient (Wildman–Crippen LogP) is 1.45. The third-order valence-corrected chi connectivity index (χ3v) is 2.36. The summed E-state index contributed by atoms with van der Waals surface area (Å²) in [4.78, 5) is 11.4. The number of carbonyl (C=O) groups excluding carboxylic acids is 1. The van der Waals surface area contributed by atoms with Crippen LogP contribution in [-0.2, 0) is 20.9 Å². The summed E-state index contributed by atoms with van der Waals surface area (Å²) in [7, 11) is 6.17. The van der Waals surface area contributed by atoms with E-state index in [1.165, 1.54) is 0 Å². The van der Waals surface area contributed by atoms with E-state index in [0.29, 0.717) is 13.2 Å². The van der Waals surface area contributed by atoms with Crippen LogP contribution >= 0.6 is 0 Å². The molecule has 1 rings (SSSR count). The van der Waals surface area contributed by atoms with Crippen LogP contribution < -0.4 is 0 Å². The highest BCUT2D eigenvalue weighted by molar-refractivity contribution is 5.70. The normalized spacial score (nSPS) is 11.3. The molecule has 100 valence electrons. The molecule has 0 saturated heterocycles. The average molecular weight is 252 g/mol. The van der Waals surface area contributed by atoms with Crippen molar-refractivity contribution < 1.29 is 18.8 Å². The van der Waals surface area contributed by atoms with Crippen molar-refractivity contribution in [2.45, 2.75) is 6.61 Å². The second-order valence-corrected chi connectivity index (χ2v) is 5.21. The largest absolute Gasteiger partial charge is 0.458 e. The number of rotatable bonds is 7. The standard InChI is InChI=1S/C14H22NO3/c1-15(2,3)9-10-18-14(16)12-17-11-13-7-5-4-6-8-13/h4-8H,9-12H2,1-3H3/q+1. The maximum Gasteiger partial charge on any atom is 0.332 e. The van der Waals surface area contributed by atoms with E-state index in [-0.39, 0.29) is 12.6 Å². The summed E-state index contributed by atoms with van der Waals surface area (Å²) in [5.74, 6) is -0.306. The molecule has 0 atom stereocenters. The Balaban J connectivity index is 2.11. The molecular formula is C14H22NO3+. The van der Waals surface area contributed by atoms with Crippen LogP contribution in [0.4, 0.5) is 0 Å². The lowest BCUT2D eigenvalue weighted by Gasteiger charge is -2.23. The van der Waals surface area contributed by atoms with Crippen LogP contribution in [0.15, 0.2) is 30.3 Å². The van der Waals surface area contributed by atoms with Crippen LogP contribution in [0.1, 0.15) is 5.56 Å². The number of nitrogens with zero attached hydrogens (tertiary/aromatic N) is 1. The van der Waals surface area contributed by atoms with Gasteiger partial charge in [0.1, 0.15) is 19.8 Å². The smallest absolute Gasteiger partial charge is 0.332 e. The van der Waals surface area contributed by atoms with Gasteiger partial charge in [-0.1, -0.05) is 30.3 Å². The zero-order chi connectivity index (χ0) is 13.4. The third-order valence-electron chi connectivity index (χ3n) is 2.36. The Morgan fingerprint density at radius 2 is 1.83 bits per heavy atom. The van der Waals surface area contributed by atoms with Crippen molar-refractivity contribution in [1.82, 2.24) is 0 Å². The van der Waals surface area contributed by atoms with Crippen LogP contribution in [-0.4, -0.2) is 51.4 Å². The van der Waals surface area contributed by atoms with Crippen molar-refractivity contribution in [3.05, 3.63) is 35.9 Å². The van der Waals surface area contributed by atoms with Crippen molar-refractivity contribution in [2.24, 2.45) is 0 Å². The summed E-state index contributed by atoms with van der Waals surface area (Å²) in [5, 5.41) is 0. The number of hydrogen-bond acceptors (Lipinski definition) is 3. The Morgan fingerprint density at radius 1 is 1.17 bits per heavy atom. The van der Waals surface area contributed by atoms with Gasteiger partial charge in [0.2, 0.25) is 0 Å². The van der Waals surface area contributed by atoms with Gasteiger partial charge in [0.15, 0.2) is 0 Å². The molecule has 0 fully saturated rings. The molecule has 0 aliphatic rings. The monoisotopic (exact) mass is 252 g/mol. The number of esters is 1. The minimum Gasteiger partial charge on any atom is -0.458 e. The summed E-state index contributed by atoms with van der Waals surface area (Å²) in [5.41, 5.74) is 1.05. The lowest BCUT2D eigenvalue weighted by Crippen LogP contribution is -2.38. The van der Waals surface area contributed by atoms with Gasteiger partial charge in [-0.2, -0.15) is 0 Å². The maximum absolute atomic E-state index is 11.4. The molecule has 1 aromatic carbocycles. The molecular weight excluding hydrogens is 230 g/mol. The van der Waals surface area contributed by atoms with Gasteiger partial charge in [0.05, 0.1) is 27.7 Å². The topological polar surface area (TPSA) is 35.5 Å². The molecule has 0 aliphatic heterocycles. The second kappa shape index (κ2) is 7.13. The first-order valence-electron chi connectivity index (χ1n) is 6.05. The van der Waals surface area contributed by atoms with E-state index in [9.17, 15) is 4.79 Å². The highest BCUT2D eigenvalue weighted by Gasteiger charge is 2.09. The second-order valence-electron chi connectivity index (χ2n) is 5.21. The molecule has 1 aromatic rings. The summed E-state index contributed by atoms with van der Waals surface area (Å²) in [6.07, 6.45) is 0. The lowest BCUT2D eigenvalue weighted by molar-refractivity contribution is -0.870. The molecule has 0 amide bonds. The Hall–Kier alpha value is -1.39. The molecule has 0 radical (unpaired) electrons. The van der Waals surface area contributed by atoms with Gasteiger partial charge >= 0.3 is 5.97 Å². The van der Waals surface area contributed by atoms with Crippen LogP contribution in [0.2, 0.25) is 0 Å². The average Bonchev–Trinajstić information content (AvgIpc) is 2.28. The predicted molar refractivity (Wildman–Crippen MR) is 70.0 cm³/mol. The Labute approximate surface area is 109 Å². The van der Waals surface area contributed by atoms with Crippen LogP contribution in [0.25, 0.3) is 0 Å². The summed E-state index contributed by atoms with van der Waals surface area (Å²) >= 11 is 0. The van der Waals surface area contributed by atoms with Gasteiger partial charge in [0.25, 0.3) is 0 Å². The third kappa shape index (κ3) is 7.04. The van der Waals surface area contributed by atoms with Crippen molar-refractivity contribution in [3.63, 3.8) is 0 Å². The number of likely N-dealkylation sites (N-methyl/N-ethyl adjacent to an activating group) is 1. The molecule has 0 unspecified atom stereocenters. The van der Waals surface area contributed by atoms with Crippen molar-refractivity contribution >= 4 is 5.97 Å². The number of carbonyl (C=O) groups is 1. The fraction of sp³-hybridized carbons (Fsp3) is 0.500. The zero-order valence-corrected chi connectivity index (χ0v) is 11.4. The minimum absolute atomic E-state index is 0.00599. The van der Waals surface area contributed by atoms with Gasteiger partial charge < -0.3 is 14.0 Å². The summed E-state index contributed by atoms with van der Waals surface area (Å²) in [6, 6.07) is 9.75. The number of hydrogen-bond donors (Lipinski definition) is 0. The summed E-state index contributed by atoms with van der Waals surface area (Å²) in [6.45, 7) is 1.67. The van der Waals surface area contributed by atoms with E-state index in [0.717, 1.165) is 16.6 Å². The molecule has 0 N–H and O–H groups in total. The molecule has 18 heavy (non-hydrogen) atoms. The SMILES string of the molecule is C[N+](C)(C)CCOC(=O)COCc1ccccc1. The van der Waals surface area contributed by atoms with E-state index in [2.05, 4.69) is 21.1 Å². The molecule has 4 heteroatoms. The molecule has 0 saturated carbocycles. The zero-order valence-electron chi connectivity index (χ0n) is 11.4. The fourth-order valence-corrected chi connectivity index (χ4v) is 1.30. The van der Waals surface area contributed by atoms with Crippen molar-refractivity contribution in [1.29, 1.82) is 0 Å². The molecule has 0 spiro atoms. The van der Waals surface area contributed by atoms with Gasteiger partial charge in [0, 0.05) is 0 Å². The van der Waals surface area contributed by atoms with Crippen LogP contribution in [0.5, 0.6) is 0 Å². The summed E-state index contributed by atoms with van der Waals surface area (Å²) < 4.78 is 11.1. The fourth-order valence-electron chi connectivity index (χ4n) is 1.30. The van der Waals surface area contributed by atoms with Crippen molar-refractivity contribution in [2.75, 3.05) is 40.9 Å². The lowest BCUT2D eigenvalue weighted by atomic mass is 10.2. The molecule has 0 bridgehead atoms. The quantitative estimate of drug-likeness (QED) is 0.544.